The summed E-state index contributed by atoms with van der Waals surface area (Å²) in [5.74, 6) is 0.198. The zero-order valence-corrected chi connectivity index (χ0v) is 14.7. The SMILES string of the molecule is CC/C=C\C/C=C\C/C=C\CCCCCCCC(=O)NCC. The minimum Gasteiger partial charge on any atom is -0.356 e. The zero-order valence-electron chi connectivity index (χ0n) is 14.7. The maximum absolute atomic E-state index is 11.2. The summed E-state index contributed by atoms with van der Waals surface area (Å²) < 4.78 is 0. The molecule has 22 heavy (non-hydrogen) atoms. The molecule has 1 N–H and O–H groups in total. The molecule has 0 saturated heterocycles. The molecule has 0 aromatic heterocycles. The maximum Gasteiger partial charge on any atom is 0.219 e. The summed E-state index contributed by atoms with van der Waals surface area (Å²) >= 11 is 0. The molecule has 1 amide bonds. The van der Waals surface area contributed by atoms with Crippen molar-refractivity contribution in [2.45, 2.75) is 78.1 Å². The van der Waals surface area contributed by atoms with Crippen molar-refractivity contribution in [3.8, 4) is 0 Å². The first-order chi connectivity index (χ1) is 10.8. The Labute approximate surface area is 137 Å². The second kappa shape index (κ2) is 17.7. The average Bonchev–Trinajstić information content (AvgIpc) is 2.51. The fourth-order valence-corrected chi connectivity index (χ4v) is 2.19. The standard InChI is InChI=1S/C20H35NO/c1-3-5-6-7-8-9-10-11-12-13-14-15-16-17-18-19-20(22)21-4-2/h5-6,8-9,11-12H,3-4,7,10,13-19H2,1-2H3,(H,21,22)/b6-5-,9-8-,12-11-. The van der Waals surface area contributed by atoms with E-state index in [9.17, 15) is 4.79 Å². The van der Waals surface area contributed by atoms with Gasteiger partial charge in [0.1, 0.15) is 0 Å². The lowest BCUT2D eigenvalue weighted by Gasteiger charge is -2.02. The lowest BCUT2D eigenvalue weighted by Crippen LogP contribution is -2.21. The number of amides is 1. The van der Waals surface area contributed by atoms with E-state index >= 15 is 0 Å². The molecule has 0 rings (SSSR count). The molecule has 0 atom stereocenters. The minimum absolute atomic E-state index is 0.198. The third-order valence-electron chi connectivity index (χ3n) is 3.43. The third-order valence-corrected chi connectivity index (χ3v) is 3.43. The summed E-state index contributed by atoms with van der Waals surface area (Å²) in [6.45, 7) is 4.87. The van der Waals surface area contributed by atoms with Crippen molar-refractivity contribution in [3.05, 3.63) is 36.5 Å². The van der Waals surface area contributed by atoms with Crippen LogP contribution in [0.4, 0.5) is 0 Å². The lowest BCUT2D eigenvalue weighted by molar-refractivity contribution is -0.121. The van der Waals surface area contributed by atoms with Crippen LogP contribution >= 0.6 is 0 Å². The first-order valence-electron chi connectivity index (χ1n) is 9.02. The smallest absolute Gasteiger partial charge is 0.219 e. The summed E-state index contributed by atoms with van der Waals surface area (Å²) in [4.78, 5) is 11.2. The van der Waals surface area contributed by atoms with E-state index in [1.165, 1.54) is 32.1 Å². The Balaban J connectivity index is 3.27. The third kappa shape index (κ3) is 16.7. The Morgan fingerprint density at radius 2 is 1.36 bits per heavy atom. The van der Waals surface area contributed by atoms with Crippen LogP contribution < -0.4 is 5.32 Å². The van der Waals surface area contributed by atoms with E-state index in [2.05, 4.69) is 48.7 Å². The van der Waals surface area contributed by atoms with Crippen molar-refractivity contribution < 1.29 is 4.79 Å². The summed E-state index contributed by atoms with van der Waals surface area (Å²) in [6, 6.07) is 0. The Bertz CT molecular complexity index is 329. The van der Waals surface area contributed by atoms with Crippen LogP contribution in [0.3, 0.4) is 0 Å². The van der Waals surface area contributed by atoms with Crippen LogP contribution in [0.25, 0.3) is 0 Å². The van der Waals surface area contributed by atoms with Gasteiger partial charge in [-0.1, -0.05) is 62.6 Å². The highest BCUT2D eigenvalue weighted by Gasteiger charge is 1.98. The highest BCUT2D eigenvalue weighted by Crippen LogP contribution is 2.07. The molecule has 0 fully saturated rings. The molecular weight excluding hydrogens is 270 g/mol. The van der Waals surface area contributed by atoms with Crippen LogP contribution in [0, 0.1) is 0 Å². The predicted molar refractivity (Wildman–Crippen MR) is 97.9 cm³/mol. The van der Waals surface area contributed by atoms with Gasteiger partial charge in [0.05, 0.1) is 0 Å². The fraction of sp³-hybridized carbons (Fsp3) is 0.650. The summed E-state index contributed by atoms with van der Waals surface area (Å²) in [6.07, 6.45) is 24.5. The van der Waals surface area contributed by atoms with Crippen molar-refractivity contribution in [3.63, 3.8) is 0 Å². The number of rotatable bonds is 14. The molecule has 0 aromatic carbocycles. The molecule has 2 heteroatoms. The Morgan fingerprint density at radius 3 is 2.05 bits per heavy atom. The van der Waals surface area contributed by atoms with Crippen molar-refractivity contribution in [2.75, 3.05) is 6.54 Å². The van der Waals surface area contributed by atoms with Gasteiger partial charge in [0.15, 0.2) is 0 Å². The molecule has 0 aliphatic heterocycles. The monoisotopic (exact) mass is 305 g/mol. The average molecular weight is 306 g/mol. The fourth-order valence-electron chi connectivity index (χ4n) is 2.19. The van der Waals surface area contributed by atoms with Crippen molar-refractivity contribution in [1.82, 2.24) is 5.32 Å². The minimum atomic E-state index is 0.198. The molecule has 0 radical (unpaired) electrons. The molecule has 0 heterocycles. The van der Waals surface area contributed by atoms with Gasteiger partial charge in [-0.3, -0.25) is 4.79 Å². The van der Waals surface area contributed by atoms with Crippen molar-refractivity contribution in [2.24, 2.45) is 0 Å². The molecule has 0 unspecified atom stereocenters. The summed E-state index contributed by atoms with van der Waals surface area (Å²) in [7, 11) is 0. The van der Waals surface area contributed by atoms with Crippen molar-refractivity contribution >= 4 is 5.91 Å². The van der Waals surface area contributed by atoms with E-state index in [0.717, 1.165) is 32.2 Å². The summed E-state index contributed by atoms with van der Waals surface area (Å²) in [5.41, 5.74) is 0. The van der Waals surface area contributed by atoms with Crippen LogP contribution in [-0.2, 0) is 4.79 Å². The first kappa shape index (κ1) is 20.7. The van der Waals surface area contributed by atoms with Crippen LogP contribution in [0.1, 0.15) is 78.1 Å². The van der Waals surface area contributed by atoms with E-state index < -0.39 is 0 Å². The molecule has 0 aromatic rings. The van der Waals surface area contributed by atoms with Gasteiger partial charge in [-0.15, -0.1) is 0 Å². The van der Waals surface area contributed by atoms with Gasteiger partial charge in [-0.25, -0.2) is 0 Å². The number of hydrogen-bond acceptors (Lipinski definition) is 1. The van der Waals surface area contributed by atoms with E-state index in [1.807, 2.05) is 6.92 Å². The van der Waals surface area contributed by atoms with E-state index in [0.29, 0.717) is 6.42 Å². The zero-order chi connectivity index (χ0) is 16.3. The molecule has 0 saturated carbocycles. The molecule has 0 aliphatic carbocycles. The topological polar surface area (TPSA) is 29.1 Å². The molecule has 126 valence electrons. The largest absolute Gasteiger partial charge is 0.356 e. The quantitative estimate of drug-likeness (QED) is 0.323. The Morgan fingerprint density at radius 1 is 0.773 bits per heavy atom. The van der Waals surface area contributed by atoms with E-state index in [1.54, 1.807) is 0 Å². The Kier molecular flexibility index (Phi) is 16.7. The highest BCUT2D eigenvalue weighted by molar-refractivity contribution is 5.75. The number of unbranched alkanes of at least 4 members (excludes halogenated alkanes) is 5. The maximum atomic E-state index is 11.2. The van der Waals surface area contributed by atoms with Gasteiger partial charge in [0, 0.05) is 13.0 Å². The number of carbonyl (C=O) groups excluding carboxylic acids is 1. The lowest BCUT2D eigenvalue weighted by atomic mass is 10.1. The van der Waals surface area contributed by atoms with Gasteiger partial charge < -0.3 is 5.32 Å². The number of carbonyl (C=O) groups is 1. The summed E-state index contributed by atoms with van der Waals surface area (Å²) in [5, 5.41) is 2.84. The van der Waals surface area contributed by atoms with Gasteiger partial charge in [-0.2, -0.15) is 0 Å². The van der Waals surface area contributed by atoms with Crippen LogP contribution in [0.5, 0.6) is 0 Å². The predicted octanol–water partition coefficient (Wildman–Crippen LogP) is 5.71. The molecule has 2 nitrogen and oxygen atoms in total. The first-order valence-corrected chi connectivity index (χ1v) is 9.02. The van der Waals surface area contributed by atoms with Gasteiger partial charge in [-0.05, 0) is 45.4 Å². The number of hydrogen-bond donors (Lipinski definition) is 1. The Hall–Kier alpha value is -1.31. The van der Waals surface area contributed by atoms with Gasteiger partial charge >= 0.3 is 0 Å². The van der Waals surface area contributed by atoms with Crippen LogP contribution in [-0.4, -0.2) is 12.5 Å². The van der Waals surface area contributed by atoms with Crippen molar-refractivity contribution in [1.29, 1.82) is 0 Å². The van der Waals surface area contributed by atoms with Crippen LogP contribution in [0.15, 0.2) is 36.5 Å². The molecular formula is C20H35NO. The van der Waals surface area contributed by atoms with Crippen LogP contribution in [0.2, 0.25) is 0 Å². The normalized spacial score (nSPS) is 11.9. The van der Waals surface area contributed by atoms with Gasteiger partial charge in [0.25, 0.3) is 0 Å². The van der Waals surface area contributed by atoms with E-state index in [4.69, 9.17) is 0 Å². The number of nitrogens with one attached hydrogen (secondary N) is 1. The highest BCUT2D eigenvalue weighted by atomic mass is 16.1. The second-order valence-electron chi connectivity index (χ2n) is 5.55. The molecule has 0 bridgehead atoms. The molecule has 0 spiro atoms. The van der Waals surface area contributed by atoms with E-state index in [-0.39, 0.29) is 5.91 Å². The van der Waals surface area contributed by atoms with Gasteiger partial charge in [0.2, 0.25) is 5.91 Å². The number of allylic oxidation sites excluding steroid dienone is 6. The second-order valence-corrected chi connectivity index (χ2v) is 5.55. The molecule has 0 aliphatic rings.